The summed E-state index contributed by atoms with van der Waals surface area (Å²) in [6.07, 6.45) is 3.55. The largest absolute Gasteiger partial charge is 0.495 e. The van der Waals surface area contributed by atoms with Crippen molar-refractivity contribution in [3.63, 3.8) is 0 Å². The molecule has 0 aromatic carbocycles. The highest BCUT2D eigenvalue weighted by atomic mass is 79.9. The van der Waals surface area contributed by atoms with Gasteiger partial charge in [0, 0.05) is 16.9 Å². The number of nitrogens with zero attached hydrogens (tertiary/aromatic N) is 2. The Balaban J connectivity index is 2.42. The van der Waals surface area contributed by atoms with Crippen molar-refractivity contribution in [2.75, 3.05) is 13.7 Å². The van der Waals surface area contributed by atoms with Gasteiger partial charge in [0.25, 0.3) is 0 Å². The van der Waals surface area contributed by atoms with Gasteiger partial charge in [-0.3, -0.25) is 9.97 Å². The fourth-order valence-electron chi connectivity index (χ4n) is 1.90. The number of halogens is 1. The van der Waals surface area contributed by atoms with Gasteiger partial charge in [0.05, 0.1) is 18.8 Å². The van der Waals surface area contributed by atoms with Crippen LogP contribution >= 0.6 is 15.9 Å². The van der Waals surface area contributed by atoms with Gasteiger partial charge in [0.1, 0.15) is 11.4 Å². The molecule has 2 heterocycles. The molecule has 2 aromatic rings. The lowest BCUT2D eigenvalue weighted by Crippen LogP contribution is -2.24. The Morgan fingerprint density at radius 2 is 2.16 bits per heavy atom. The molecule has 5 heteroatoms. The van der Waals surface area contributed by atoms with Crippen LogP contribution in [0.15, 0.2) is 41.1 Å². The Kier molecular flexibility index (Phi) is 4.87. The van der Waals surface area contributed by atoms with Crippen LogP contribution in [0.2, 0.25) is 0 Å². The average molecular weight is 322 g/mol. The number of ether oxygens (including phenoxy) is 1. The zero-order valence-electron chi connectivity index (χ0n) is 10.9. The number of rotatable bonds is 5. The van der Waals surface area contributed by atoms with Crippen molar-refractivity contribution < 1.29 is 4.74 Å². The molecule has 1 N–H and O–H groups in total. The lowest BCUT2D eigenvalue weighted by atomic mass is 10.1. The Bertz CT molecular complexity index is 530. The highest BCUT2D eigenvalue weighted by molar-refractivity contribution is 9.10. The van der Waals surface area contributed by atoms with Crippen molar-refractivity contribution >= 4 is 15.9 Å². The van der Waals surface area contributed by atoms with E-state index < -0.39 is 0 Å². The van der Waals surface area contributed by atoms with Crippen LogP contribution in [-0.4, -0.2) is 23.6 Å². The van der Waals surface area contributed by atoms with Crippen molar-refractivity contribution in [3.8, 4) is 5.75 Å². The van der Waals surface area contributed by atoms with E-state index in [0.29, 0.717) is 0 Å². The smallest absolute Gasteiger partial charge is 0.142 e. The van der Waals surface area contributed by atoms with Crippen molar-refractivity contribution in [1.82, 2.24) is 15.3 Å². The second-order valence-corrected chi connectivity index (χ2v) is 4.90. The number of hydrogen-bond donors (Lipinski definition) is 1. The van der Waals surface area contributed by atoms with Gasteiger partial charge in [-0.1, -0.05) is 6.92 Å². The second kappa shape index (κ2) is 6.63. The average Bonchev–Trinajstić information content (AvgIpc) is 2.46. The summed E-state index contributed by atoms with van der Waals surface area (Å²) in [5.74, 6) is 0.762. The van der Waals surface area contributed by atoms with E-state index in [-0.39, 0.29) is 6.04 Å². The van der Waals surface area contributed by atoms with Gasteiger partial charge >= 0.3 is 0 Å². The molecule has 1 atom stereocenters. The molecule has 2 rings (SSSR count). The molecule has 0 spiro atoms. The third-order valence-electron chi connectivity index (χ3n) is 2.75. The molecule has 0 fully saturated rings. The summed E-state index contributed by atoms with van der Waals surface area (Å²) >= 11 is 3.39. The van der Waals surface area contributed by atoms with E-state index in [9.17, 15) is 0 Å². The predicted molar refractivity (Wildman–Crippen MR) is 78.2 cm³/mol. The first kappa shape index (κ1) is 14.0. The molecule has 0 aliphatic rings. The highest BCUT2D eigenvalue weighted by Gasteiger charge is 2.19. The van der Waals surface area contributed by atoms with Crippen LogP contribution in [0.25, 0.3) is 0 Å². The second-order valence-electron chi connectivity index (χ2n) is 3.98. The molecule has 1 unspecified atom stereocenters. The zero-order chi connectivity index (χ0) is 13.7. The summed E-state index contributed by atoms with van der Waals surface area (Å²) in [4.78, 5) is 8.87. The minimum Gasteiger partial charge on any atom is -0.495 e. The van der Waals surface area contributed by atoms with E-state index >= 15 is 0 Å². The molecule has 0 aliphatic carbocycles. The molecule has 100 valence electrons. The summed E-state index contributed by atoms with van der Waals surface area (Å²) in [7, 11) is 1.65. The summed E-state index contributed by atoms with van der Waals surface area (Å²) < 4.78 is 6.34. The van der Waals surface area contributed by atoms with Gasteiger partial charge < -0.3 is 10.1 Å². The number of aromatic nitrogens is 2. The minimum absolute atomic E-state index is 0.0748. The summed E-state index contributed by atoms with van der Waals surface area (Å²) in [5.41, 5.74) is 1.77. The van der Waals surface area contributed by atoms with Crippen molar-refractivity contribution in [1.29, 1.82) is 0 Å². The number of nitrogens with one attached hydrogen (secondary N) is 1. The van der Waals surface area contributed by atoms with Crippen LogP contribution in [0.4, 0.5) is 0 Å². The molecule has 0 radical (unpaired) electrons. The normalized spacial score (nSPS) is 12.2. The van der Waals surface area contributed by atoms with Gasteiger partial charge in [0.15, 0.2) is 0 Å². The fraction of sp³-hybridized carbons (Fsp3) is 0.286. The lowest BCUT2D eigenvalue weighted by molar-refractivity contribution is 0.399. The van der Waals surface area contributed by atoms with E-state index in [2.05, 4.69) is 38.1 Å². The first-order valence-corrected chi connectivity index (χ1v) is 6.89. The summed E-state index contributed by atoms with van der Waals surface area (Å²) in [6, 6.07) is 7.65. The Morgan fingerprint density at radius 1 is 1.32 bits per heavy atom. The monoisotopic (exact) mass is 321 g/mol. The molecule has 0 bridgehead atoms. The van der Waals surface area contributed by atoms with Gasteiger partial charge in [-0.25, -0.2) is 0 Å². The third kappa shape index (κ3) is 3.30. The summed E-state index contributed by atoms with van der Waals surface area (Å²) in [5, 5.41) is 3.39. The third-order valence-corrected chi connectivity index (χ3v) is 3.22. The van der Waals surface area contributed by atoms with Crippen LogP contribution in [-0.2, 0) is 0 Å². The predicted octanol–water partition coefficient (Wildman–Crippen LogP) is 2.95. The zero-order valence-corrected chi connectivity index (χ0v) is 12.5. The molecule has 0 saturated carbocycles. The SMILES string of the molecule is CCNC(c1ccc(Br)cn1)c1ncccc1OC. The number of pyridine rings is 2. The van der Waals surface area contributed by atoms with Crippen LogP contribution in [0.1, 0.15) is 24.4 Å². The van der Waals surface area contributed by atoms with Crippen molar-refractivity contribution in [2.24, 2.45) is 0 Å². The van der Waals surface area contributed by atoms with E-state index in [1.165, 1.54) is 0 Å². The van der Waals surface area contributed by atoms with Crippen LogP contribution < -0.4 is 10.1 Å². The quantitative estimate of drug-likeness (QED) is 0.919. The number of hydrogen-bond acceptors (Lipinski definition) is 4. The van der Waals surface area contributed by atoms with E-state index in [0.717, 1.165) is 28.2 Å². The molecular formula is C14H16BrN3O. The molecule has 4 nitrogen and oxygen atoms in total. The first-order valence-electron chi connectivity index (χ1n) is 6.10. The highest BCUT2D eigenvalue weighted by Crippen LogP contribution is 2.27. The van der Waals surface area contributed by atoms with Crippen LogP contribution in [0.5, 0.6) is 5.75 Å². The lowest BCUT2D eigenvalue weighted by Gasteiger charge is -2.19. The van der Waals surface area contributed by atoms with Gasteiger partial charge in [0.2, 0.25) is 0 Å². The van der Waals surface area contributed by atoms with E-state index in [1.807, 2.05) is 24.3 Å². The Hall–Kier alpha value is -1.46. The van der Waals surface area contributed by atoms with Gasteiger partial charge in [-0.05, 0) is 46.7 Å². The maximum absolute atomic E-state index is 5.38. The van der Waals surface area contributed by atoms with Gasteiger partial charge in [-0.2, -0.15) is 0 Å². The number of methoxy groups -OCH3 is 1. The van der Waals surface area contributed by atoms with E-state index in [1.54, 1.807) is 19.5 Å². The maximum Gasteiger partial charge on any atom is 0.142 e. The van der Waals surface area contributed by atoms with Crippen molar-refractivity contribution in [2.45, 2.75) is 13.0 Å². The van der Waals surface area contributed by atoms with Crippen molar-refractivity contribution in [3.05, 3.63) is 52.5 Å². The Morgan fingerprint density at radius 3 is 2.79 bits per heavy atom. The summed E-state index contributed by atoms with van der Waals surface area (Å²) in [6.45, 7) is 2.88. The fourth-order valence-corrected chi connectivity index (χ4v) is 2.13. The molecule has 0 saturated heterocycles. The molecule has 0 amide bonds. The first-order chi connectivity index (χ1) is 9.26. The molecule has 2 aromatic heterocycles. The van der Waals surface area contributed by atoms with Crippen LogP contribution in [0, 0.1) is 0 Å². The minimum atomic E-state index is -0.0748. The molecule has 0 aliphatic heterocycles. The molecular weight excluding hydrogens is 306 g/mol. The molecule has 19 heavy (non-hydrogen) atoms. The van der Waals surface area contributed by atoms with E-state index in [4.69, 9.17) is 4.74 Å². The topological polar surface area (TPSA) is 47.0 Å². The van der Waals surface area contributed by atoms with Crippen LogP contribution in [0.3, 0.4) is 0 Å². The Labute approximate surface area is 121 Å². The maximum atomic E-state index is 5.38. The van der Waals surface area contributed by atoms with Gasteiger partial charge in [-0.15, -0.1) is 0 Å². The standard InChI is InChI=1S/C14H16BrN3O/c1-3-16-13(11-7-6-10(15)9-18-11)14-12(19-2)5-4-8-17-14/h4-9,13,16H,3H2,1-2H3.